The second-order valence-electron chi connectivity index (χ2n) is 5.77. The maximum absolute atomic E-state index is 4.91. The molecule has 94 valence electrons. The molecule has 1 N–H and O–H groups in total. The highest BCUT2D eigenvalue weighted by Crippen LogP contribution is 2.41. The number of aromatic nitrogens is 2. The molecule has 1 saturated heterocycles. The number of nitrogens with one attached hydrogen (secondary N) is 1. The van der Waals surface area contributed by atoms with Gasteiger partial charge in [0.25, 0.3) is 0 Å². The quantitative estimate of drug-likeness (QED) is 0.895. The molecule has 18 heavy (non-hydrogen) atoms. The van der Waals surface area contributed by atoms with Gasteiger partial charge in [-0.05, 0) is 44.0 Å². The average molecular weight is 241 g/mol. The van der Waals surface area contributed by atoms with Crippen LogP contribution in [0.3, 0.4) is 0 Å². The molecule has 3 nitrogen and oxygen atoms in total. The summed E-state index contributed by atoms with van der Waals surface area (Å²) in [5.74, 6) is 2.64. The number of hydrogen-bond acceptors (Lipinski definition) is 2. The minimum atomic E-state index is 0.569. The lowest BCUT2D eigenvalue weighted by Gasteiger charge is -2.32. The van der Waals surface area contributed by atoms with Crippen molar-refractivity contribution >= 4 is 11.0 Å². The van der Waals surface area contributed by atoms with Crippen LogP contribution in [0, 0.1) is 5.92 Å². The van der Waals surface area contributed by atoms with Crippen molar-refractivity contribution in [1.82, 2.24) is 14.9 Å². The predicted molar refractivity (Wildman–Crippen MR) is 72.8 cm³/mol. The highest BCUT2D eigenvalue weighted by molar-refractivity contribution is 5.76. The molecule has 0 spiro atoms. The van der Waals surface area contributed by atoms with E-state index in [0.29, 0.717) is 12.0 Å². The third kappa shape index (κ3) is 1.50. The number of fused-ring (bicyclic) bond motifs is 1. The largest absolute Gasteiger partial charge is 0.325 e. The van der Waals surface area contributed by atoms with Crippen molar-refractivity contribution in [3.63, 3.8) is 0 Å². The van der Waals surface area contributed by atoms with E-state index in [-0.39, 0.29) is 0 Å². The maximum Gasteiger partial charge on any atom is 0.113 e. The van der Waals surface area contributed by atoms with Crippen LogP contribution in [0.1, 0.15) is 37.5 Å². The molecule has 1 aliphatic carbocycles. The van der Waals surface area contributed by atoms with Gasteiger partial charge in [-0.3, -0.25) is 0 Å². The van der Waals surface area contributed by atoms with Crippen molar-refractivity contribution in [3.05, 3.63) is 30.1 Å². The van der Waals surface area contributed by atoms with Crippen LogP contribution in [0.5, 0.6) is 0 Å². The lowest BCUT2D eigenvalue weighted by Crippen LogP contribution is -2.45. The molecular formula is C15H19N3. The number of nitrogens with zero attached hydrogens (tertiary/aromatic N) is 2. The molecule has 1 aromatic heterocycles. The predicted octanol–water partition coefficient (Wildman–Crippen LogP) is 2.69. The normalized spacial score (nSPS) is 22.1. The van der Waals surface area contributed by atoms with Crippen molar-refractivity contribution in [2.45, 2.75) is 31.7 Å². The molecule has 0 bridgehead atoms. The third-order valence-electron chi connectivity index (χ3n) is 4.46. The van der Waals surface area contributed by atoms with E-state index < -0.39 is 0 Å². The van der Waals surface area contributed by atoms with E-state index in [2.05, 4.69) is 41.1 Å². The molecule has 2 heterocycles. The fourth-order valence-electron chi connectivity index (χ4n) is 2.98. The highest BCUT2D eigenvalue weighted by Gasteiger charge is 2.33. The molecule has 1 aromatic carbocycles. The molecule has 1 atom stereocenters. The topological polar surface area (TPSA) is 29.9 Å². The van der Waals surface area contributed by atoms with Gasteiger partial charge in [0, 0.05) is 12.0 Å². The summed E-state index contributed by atoms with van der Waals surface area (Å²) in [5.41, 5.74) is 2.49. The Bertz CT molecular complexity index is 578. The van der Waals surface area contributed by atoms with Gasteiger partial charge in [0.2, 0.25) is 0 Å². The van der Waals surface area contributed by atoms with Gasteiger partial charge in [0.15, 0.2) is 0 Å². The average Bonchev–Trinajstić information content (AvgIpc) is 3.07. The number of hydrogen-bond donors (Lipinski definition) is 1. The smallest absolute Gasteiger partial charge is 0.113 e. The first kappa shape index (κ1) is 10.6. The van der Waals surface area contributed by atoms with Gasteiger partial charge in [-0.1, -0.05) is 19.1 Å². The van der Waals surface area contributed by atoms with Crippen LogP contribution in [-0.4, -0.2) is 22.6 Å². The van der Waals surface area contributed by atoms with Gasteiger partial charge < -0.3 is 9.88 Å². The minimum Gasteiger partial charge on any atom is -0.325 e. The second kappa shape index (κ2) is 3.82. The van der Waals surface area contributed by atoms with Crippen LogP contribution in [0.25, 0.3) is 11.0 Å². The molecule has 3 heteroatoms. The first-order valence-electron chi connectivity index (χ1n) is 7.02. The van der Waals surface area contributed by atoms with E-state index >= 15 is 0 Å². The summed E-state index contributed by atoms with van der Waals surface area (Å²) in [6.07, 6.45) is 2.64. The molecule has 2 aliphatic rings. The lowest BCUT2D eigenvalue weighted by molar-refractivity contribution is 0.291. The number of benzene rings is 1. The maximum atomic E-state index is 4.91. The Morgan fingerprint density at radius 1 is 1.28 bits per heavy atom. The van der Waals surface area contributed by atoms with E-state index in [0.717, 1.165) is 19.0 Å². The second-order valence-corrected chi connectivity index (χ2v) is 5.77. The van der Waals surface area contributed by atoms with Crippen LogP contribution in [0.4, 0.5) is 0 Å². The summed E-state index contributed by atoms with van der Waals surface area (Å²) in [6, 6.07) is 9.29. The Hall–Kier alpha value is -1.35. The van der Waals surface area contributed by atoms with E-state index in [1.807, 2.05) is 0 Å². The van der Waals surface area contributed by atoms with Gasteiger partial charge in [-0.2, -0.15) is 0 Å². The van der Waals surface area contributed by atoms with Gasteiger partial charge in [0.05, 0.1) is 11.0 Å². The van der Waals surface area contributed by atoms with Crippen LogP contribution in [0.15, 0.2) is 24.3 Å². The van der Waals surface area contributed by atoms with Crippen molar-refractivity contribution in [2.75, 3.05) is 13.1 Å². The Morgan fingerprint density at radius 3 is 2.72 bits per heavy atom. The van der Waals surface area contributed by atoms with Gasteiger partial charge in [0.1, 0.15) is 5.82 Å². The van der Waals surface area contributed by atoms with Crippen molar-refractivity contribution in [3.8, 4) is 0 Å². The fraction of sp³-hybridized carbons (Fsp3) is 0.533. The summed E-state index contributed by atoms with van der Waals surface area (Å²) < 4.78 is 2.51. The summed E-state index contributed by atoms with van der Waals surface area (Å²) >= 11 is 0. The summed E-state index contributed by atoms with van der Waals surface area (Å²) in [7, 11) is 0. The lowest BCUT2D eigenvalue weighted by atomic mass is 9.88. The van der Waals surface area contributed by atoms with Crippen LogP contribution in [0.2, 0.25) is 0 Å². The summed E-state index contributed by atoms with van der Waals surface area (Å²) in [5, 5.41) is 3.37. The molecule has 1 unspecified atom stereocenters. The fourth-order valence-corrected chi connectivity index (χ4v) is 2.98. The summed E-state index contributed by atoms with van der Waals surface area (Å²) in [6.45, 7) is 4.63. The summed E-state index contributed by atoms with van der Waals surface area (Å²) in [4.78, 5) is 4.91. The van der Waals surface area contributed by atoms with Gasteiger partial charge in [-0.25, -0.2) is 4.98 Å². The standard InChI is InChI=1S/C15H19N3/c1-10(11-8-16-9-11)15-17-13-4-2-3-5-14(13)18(15)12-6-7-12/h2-5,10-12,16H,6-9H2,1H3. The molecule has 1 saturated carbocycles. The zero-order valence-corrected chi connectivity index (χ0v) is 10.8. The van der Waals surface area contributed by atoms with Gasteiger partial charge >= 0.3 is 0 Å². The first-order valence-corrected chi connectivity index (χ1v) is 7.02. The SMILES string of the molecule is CC(c1nc2ccccc2n1C1CC1)C1CNC1. The van der Waals surface area contributed by atoms with Crippen LogP contribution in [-0.2, 0) is 0 Å². The first-order chi connectivity index (χ1) is 8.84. The zero-order valence-electron chi connectivity index (χ0n) is 10.8. The minimum absolute atomic E-state index is 0.569. The molecule has 1 aliphatic heterocycles. The van der Waals surface area contributed by atoms with Crippen molar-refractivity contribution < 1.29 is 0 Å². The Labute approximate surface area is 107 Å². The number of imidazole rings is 1. The molecule has 2 aromatic rings. The van der Waals surface area contributed by atoms with Gasteiger partial charge in [-0.15, -0.1) is 0 Å². The number of rotatable bonds is 3. The molecule has 0 radical (unpaired) electrons. The number of para-hydroxylation sites is 2. The Morgan fingerprint density at radius 2 is 2.06 bits per heavy atom. The Balaban J connectivity index is 1.84. The van der Waals surface area contributed by atoms with Crippen LogP contribution >= 0.6 is 0 Å². The molecule has 4 rings (SSSR count). The third-order valence-corrected chi connectivity index (χ3v) is 4.46. The highest BCUT2D eigenvalue weighted by atomic mass is 15.1. The molecule has 0 amide bonds. The van der Waals surface area contributed by atoms with Crippen molar-refractivity contribution in [2.24, 2.45) is 5.92 Å². The van der Waals surface area contributed by atoms with E-state index in [4.69, 9.17) is 4.98 Å². The van der Waals surface area contributed by atoms with E-state index in [1.165, 1.54) is 29.7 Å². The molecular weight excluding hydrogens is 222 g/mol. The van der Waals surface area contributed by atoms with Crippen LogP contribution < -0.4 is 5.32 Å². The monoisotopic (exact) mass is 241 g/mol. The van der Waals surface area contributed by atoms with E-state index in [1.54, 1.807) is 0 Å². The van der Waals surface area contributed by atoms with E-state index in [9.17, 15) is 0 Å². The Kier molecular flexibility index (Phi) is 2.24. The van der Waals surface area contributed by atoms with Crippen molar-refractivity contribution in [1.29, 1.82) is 0 Å². The zero-order chi connectivity index (χ0) is 12.1. The molecule has 2 fully saturated rings.